The zero-order valence-corrected chi connectivity index (χ0v) is 18.8. The molecule has 4 heterocycles. The number of hydrogen-bond acceptors (Lipinski definition) is 5. The highest BCUT2D eigenvalue weighted by Crippen LogP contribution is 2.43. The molecule has 0 aliphatic carbocycles. The van der Waals surface area contributed by atoms with Gasteiger partial charge in [0.2, 0.25) is 11.8 Å². The maximum atomic E-state index is 13.7. The van der Waals surface area contributed by atoms with Gasteiger partial charge in [-0.1, -0.05) is 36.4 Å². The lowest BCUT2D eigenvalue weighted by atomic mass is 9.86. The summed E-state index contributed by atoms with van der Waals surface area (Å²) in [7, 11) is 0. The number of benzene rings is 2. The number of piperazine rings is 1. The number of aromatic nitrogens is 1. The number of carbonyl (C=O) groups is 2. The molecular weight excluding hydrogens is 452 g/mol. The van der Waals surface area contributed by atoms with Crippen molar-refractivity contribution in [3.05, 3.63) is 97.9 Å². The molecule has 170 valence electrons. The Labute approximate surface area is 198 Å². The van der Waals surface area contributed by atoms with Crippen LogP contribution in [-0.2, 0) is 22.6 Å². The first-order valence-corrected chi connectivity index (χ1v) is 11.9. The molecule has 2 aromatic carbocycles. The largest absolute Gasteiger partial charge is 0.356 e. The molecule has 2 amide bonds. The van der Waals surface area contributed by atoms with E-state index in [1.165, 1.54) is 12.1 Å². The summed E-state index contributed by atoms with van der Waals surface area (Å²) in [5.74, 6) is -0.263. The van der Waals surface area contributed by atoms with Gasteiger partial charge >= 0.3 is 0 Å². The molecule has 1 N–H and O–H groups in total. The third-order valence-corrected chi connectivity index (χ3v) is 7.53. The SMILES string of the molecule is O=C1[C@H]2Cc3c([nH]c4ccccc34)[C@H](c3cccc([N+](=O)[O-])c3)N2C(=O)CN1Cc1cccs1. The van der Waals surface area contributed by atoms with E-state index in [9.17, 15) is 19.7 Å². The number of nitrogens with one attached hydrogen (secondary N) is 1. The van der Waals surface area contributed by atoms with Crippen molar-refractivity contribution in [2.45, 2.75) is 25.0 Å². The fourth-order valence-electron chi connectivity index (χ4n) is 5.20. The van der Waals surface area contributed by atoms with Gasteiger partial charge in [-0.05, 0) is 28.6 Å². The Hall–Kier alpha value is -3.98. The molecule has 0 saturated carbocycles. The molecule has 2 aromatic heterocycles. The molecule has 1 saturated heterocycles. The van der Waals surface area contributed by atoms with Gasteiger partial charge in [0.1, 0.15) is 12.6 Å². The molecule has 2 aliphatic rings. The average molecular weight is 473 g/mol. The predicted molar refractivity (Wildman–Crippen MR) is 127 cm³/mol. The predicted octanol–water partition coefficient (Wildman–Crippen LogP) is 4.02. The maximum absolute atomic E-state index is 13.7. The van der Waals surface area contributed by atoms with E-state index >= 15 is 0 Å². The summed E-state index contributed by atoms with van der Waals surface area (Å²) in [5, 5.41) is 14.4. The van der Waals surface area contributed by atoms with Crippen molar-refractivity contribution in [2.75, 3.05) is 6.54 Å². The summed E-state index contributed by atoms with van der Waals surface area (Å²) in [5.41, 5.74) is 3.27. The number of non-ortho nitro benzene ring substituents is 1. The summed E-state index contributed by atoms with van der Waals surface area (Å²) >= 11 is 1.56. The molecule has 0 bridgehead atoms. The van der Waals surface area contributed by atoms with E-state index in [2.05, 4.69) is 4.98 Å². The van der Waals surface area contributed by atoms with Gasteiger partial charge < -0.3 is 14.8 Å². The minimum Gasteiger partial charge on any atom is -0.356 e. The number of aromatic amines is 1. The second-order valence-corrected chi connectivity index (χ2v) is 9.64. The fraction of sp³-hybridized carbons (Fsp3) is 0.200. The fourth-order valence-corrected chi connectivity index (χ4v) is 5.92. The van der Waals surface area contributed by atoms with E-state index in [0.717, 1.165) is 27.0 Å². The zero-order chi connectivity index (χ0) is 23.4. The molecule has 4 aromatic rings. The highest BCUT2D eigenvalue weighted by Gasteiger charge is 2.48. The Kier molecular flexibility index (Phi) is 4.73. The third-order valence-electron chi connectivity index (χ3n) is 6.67. The number of nitro groups is 1. The Bertz CT molecular complexity index is 1440. The van der Waals surface area contributed by atoms with E-state index in [0.29, 0.717) is 18.5 Å². The highest BCUT2D eigenvalue weighted by molar-refractivity contribution is 7.09. The molecule has 1 fully saturated rings. The zero-order valence-electron chi connectivity index (χ0n) is 18.0. The quantitative estimate of drug-likeness (QED) is 0.358. The second-order valence-electron chi connectivity index (χ2n) is 8.61. The molecule has 0 radical (unpaired) electrons. The van der Waals surface area contributed by atoms with Crippen molar-refractivity contribution in [3.8, 4) is 0 Å². The smallest absolute Gasteiger partial charge is 0.269 e. The standard InChI is InChI=1S/C25H20N4O4S/c30-22-14-27(13-17-7-4-10-34-17)25(31)21-12-19-18-8-1-2-9-20(18)26-23(19)24(28(21)22)15-5-3-6-16(11-15)29(32)33/h1-11,21,24,26H,12-14H2/t21-,24+/m1/s1. The lowest BCUT2D eigenvalue weighted by Crippen LogP contribution is -2.62. The van der Waals surface area contributed by atoms with Crippen LogP contribution in [0.5, 0.6) is 0 Å². The van der Waals surface area contributed by atoms with Crippen molar-refractivity contribution in [3.63, 3.8) is 0 Å². The number of amides is 2. The molecule has 2 atom stereocenters. The highest BCUT2D eigenvalue weighted by atomic mass is 32.1. The van der Waals surface area contributed by atoms with Crippen molar-refractivity contribution in [2.24, 2.45) is 0 Å². The van der Waals surface area contributed by atoms with Gasteiger partial charge in [-0.3, -0.25) is 19.7 Å². The molecule has 6 rings (SSSR count). The number of fused-ring (bicyclic) bond motifs is 4. The summed E-state index contributed by atoms with van der Waals surface area (Å²) in [6, 6.07) is 16.8. The maximum Gasteiger partial charge on any atom is 0.269 e. The van der Waals surface area contributed by atoms with Gasteiger partial charge in [0.15, 0.2) is 0 Å². The number of H-pyrrole nitrogens is 1. The van der Waals surface area contributed by atoms with Gasteiger partial charge in [-0.25, -0.2) is 0 Å². The van der Waals surface area contributed by atoms with Crippen LogP contribution >= 0.6 is 11.3 Å². The van der Waals surface area contributed by atoms with Gasteiger partial charge in [0.05, 0.1) is 17.5 Å². The first-order chi connectivity index (χ1) is 16.5. The van der Waals surface area contributed by atoms with E-state index in [4.69, 9.17) is 0 Å². The summed E-state index contributed by atoms with van der Waals surface area (Å²) < 4.78 is 0. The topological polar surface area (TPSA) is 99.5 Å². The summed E-state index contributed by atoms with van der Waals surface area (Å²) in [6.45, 7) is 0.378. The number of hydrogen-bond donors (Lipinski definition) is 1. The number of thiophene rings is 1. The number of nitrogens with zero attached hydrogens (tertiary/aromatic N) is 3. The van der Waals surface area contributed by atoms with Gasteiger partial charge in [-0.15, -0.1) is 11.3 Å². The van der Waals surface area contributed by atoms with Crippen LogP contribution in [-0.4, -0.2) is 44.1 Å². The number of nitro benzene ring substituents is 1. The van der Waals surface area contributed by atoms with Crippen LogP contribution in [0.2, 0.25) is 0 Å². The van der Waals surface area contributed by atoms with E-state index < -0.39 is 17.0 Å². The van der Waals surface area contributed by atoms with Crippen molar-refractivity contribution in [1.82, 2.24) is 14.8 Å². The third kappa shape index (κ3) is 3.19. The lowest BCUT2D eigenvalue weighted by Gasteiger charge is -2.47. The minimum atomic E-state index is -0.669. The first-order valence-electron chi connectivity index (χ1n) is 11.0. The lowest BCUT2D eigenvalue weighted by molar-refractivity contribution is -0.384. The Morgan fingerprint density at radius 2 is 1.94 bits per heavy atom. The summed E-state index contributed by atoms with van der Waals surface area (Å²) in [4.78, 5) is 45.9. The molecule has 34 heavy (non-hydrogen) atoms. The minimum absolute atomic E-state index is 0.0196. The Morgan fingerprint density at radius 3 is 2.74 bits per heavy atom. The van der Waals surface area contributed by atoms with Gasteiger partial charge in [0, 0.05) is 40.0 Å². The van der Waals surface area contributed by atoms with Crippen LogP contribution < -0.4 is 0 Å². The van der Waals surface area contributed by atoms with Crippen LogP contribution in [0.25, 0.3) is 10.9 Å². The Balaban J connectivity index is 1.49. The Morgan fingerprint density at radius 1 is 1.09 bits per heavy atom. The van der Waals surface area contributed by atoms with Crippen molar-refractivity contribution in [1.29, 1.82) is 0 Å². The number of rotatable bonds is 4. The van der Waals surface area contributed by atoms with Gasteiger partial charge in [0.25, 0.3) is 5.69 Å². The second kappa shape index (κ2) is 7.81. The average Bonchev–Trinajstić information content (AvgIpc) is 3.48. The van der Waals surface area contributed by atoms with Crippen LogP contribution in [0.4, 0.5) is 5.69 Å². The molecule has 0 unspecified atom stereocenters. The van der Waals surface area contributed by atoms with Gasteiger partial charge in [-0.2, -0.15) is 0 Å². The van der Waals surface area contributed by atoms with E-state index in [-0.39, 0.29) is 24.0 Å². The summed E-state index contributed by atoms with van der Waals surface area (Å²) in [6.07, 6.45) is 0.399. The van der Waals surface area contributed by atoms with Crippen LogP contribution in [0.1, 0.15) is 27.7 Å². The van der Waals surface area contributed by atoms with Crippen LogP contribution in [0.15, 0.2) is 66.0 Å². The molecule has 9 heteroatoms. The van der Waals surface area contributed by atoms with Crippen LogP contribution in [0, 0.1) is 10.1 Å². The monoisotopic (exact) mass is 472 g/mol. The van der Waals surface area contributed by atoms with E-state index in [1.54, 1.807) is 33.3 Å². The van der Waals surface area contributed by atoms with Crippen molar-refractivity contribution >= 4 is 39.7 Å². The number of carbonyl (C=O) groups excluding carboxylic acids is 2. The number of para-hydroxylation sites is 1. The first kappa shape index (κ1) is 20.6. The van der Waals surface area contributed by atoms with Crippen LogP contribution in [0.3, 0.4) is 0 Å². The molecule has 0 spiro atoms. The van der Waals surface area contributed by atoms with E-state index in [1.807, 2.05) is 41.8 Å². The molecular formula is C25H20N4O4S. The molecule has 8 nitrogen and oxygen atoms in total. The molecule has 2 aliphatic heterocycles. The van der Waals surface area contributed by atoms with Crippen molar-refractivity contribution < 1.29 is 14.5 Å². The normalized spacial score (nSPS) is 19.9.